The lowest BCUT2D eigenvalue weighted by atomic mass is 10.1. The van der Waals surface area contributed by atoms with E-state index >= 15 is 0 Å². The average Bonchev–Trinajstić information content (AvgIpc) is 2.69. The lowest BCUT2D eigenvalue weighted by Crippen LogP contribution is -2.32. The molecule has 3 aromatic rings. The van der Waals surface area contributed by atoms with Gasteiger partial charge < -0.3 is 14.2 Å². The highest BCUT2D eigenvalue weighted by molar-refractivity contribution is 9.10. The van der Waals surface area contributed by atoms with Crippen molar-refractivity contribution in [2.45, 2.75) is 12.6 Å². The molecule has 152 valence electrons. The second kappa shape index (κ2) is 9.33. The number of nitrogens with zero attached hydrogens (tertiary/aromatic N) is 2. The van der Waals surface area contributed by atoms with Crippen LogP contribution >= 0.6 is 15.9 Å². The monoisotopic (exact) mass is 462 g/mol. The third-order valence-electron chi connectivity index (χ3n) is 4.48. The number of ether oxygens (including phenoxy) is 1. The van der Waals surface area contributed by atoms with Crippen LogP contribution in [0.1, 0.15) is 17.2 Å². The van der Waals surface area contributed by atoms with Gasteiger partial charge in [0.1, 0.15) is 28.5 Å². The summed E-state index contributed by atoms with van der Waals surface area (Å²) in [6.45, 7) is 0.519. The molecule has 0 aliphatic rings. The number of aromatic nitrogens is 1. The Labute approximate surface area is 176 Å². The fraction of sp³-hybridized carbons (Fsp3) is 0.227. The Balaban J connectivity index is 1.88. The average molecular weight is 463 g/mol. The summed E-state index contributed by atoms with van der Waals surface area (Å²) in [4.78, 5) is 15.0. The van der Waals surface area contributed by atoms with Crippen LogP contribution in [0.5, 0.6) is 5.75 Å². The number of halogens is 3. The van der Waals surface area contributed by atoms with Gasteiger partial charge in [-0.15, -0.1) is 0 Å². The second-order valence-electron chi connectivity index (χ2n) is 6.92. The molecule has 0 N–H and O–H groups in total. The summed E-state index contributed by atoms with van der Waals surface area (Å²) in [6.07, 6.45) is 1.67. The molecule has 0 radical (unpaired) electrons. The van der Waals surface area contributed by atoms with Crippen molar-refractivity contribution in [1.29, 1.82) is 0 Å². The number of hydrogen-bond acceptors (Lipinski definition) is 3. The molecule has 4 nitrogen and oxygen atoms in total. The van der Waals surface area contributed by atoms with Crippen molar-refractivity contribution in [3.8, 4) is 5.75 Å². The van der Waals surface area contributed by atoms with Gasteiger partial charge in [-0.3, -0.25) is 4.79 Å². The zero-order valence-electron chi connectivity index (χ0n) is 16.1. The van der Waals surface area contributed by atoms with Gasteiger partial charge in [0.2, 0.25) is 0 Å². The third-order valence-corrected chi connectivity index (χ3v) is 5.21. The molecule has 1 unspecified atom stereocenters. The third kappa shape index (κ3) is 5.10. The summed E-state index contributed by atoms with van der Waals surface area (Å²) in [5, 5.41) is 0. The highest BCUT2D eigenvalue weighted by Gasteiger charge is 2.19. The standard InChI is InChI=1S/C22H21BrF2N2O2/c1-26(2)13-19(15-6-4-3-5-7-15)27-11-10-20(21(23)22(27)28)29-14-16-8-9-17(24)12-18(16)25/h3-12,19H,13-14H2,1-2H3. The Morgan fingerprint density at radius 2 is 1.83 bits per heavy atom. The zero-order valence-corrected chi connectivity index (χ0v) is 17.7. The van der Waals surface area contributed by atoms with Gasteiger partial charge in [-0.25, -0.2) is 8.78 Å². The SMILES string of the molecule is CN(C)CC(c1ccccc1)n1ccc(OCc2ccc(F)cc2F)c(Br)c1=O. The molecular weight excluding hydrogens is 442 g/mol. The van der Waals surface area contributed by atoms with Crippen LogP contribution in [-0.4, -0.2) is 30.1 Å². The predicted octanol–water partition coefficient (Wildman–Crippen LogP) is 4.62. The van der Waals surface area contributed by atoms with Crippen molar-refractivity contribution in [3.63, 3.8) is 0 Å². The van der Waals surface area contributed by atoms with Gasteiger partial charge in [0, 0.05) is 24.4 Å². The quantitative estimate of drug-likeness (QED) is 0.513. The molecule has 0 saturated heterocycles. The molecule has 1 heterocycles. The van der Waals surface area contributed by atoms with Crippen molar-refractivity contribution < 1.29 is 13.5 Å². The highest BCUT2D eigenvalue weighted by atomic mass is 79.9. The molecule has 7 heteroatoms. The van der Waals surface area contributed by atoms with E-state index in [1.54, 1.807) is 16.8 Å². The van der Waals surface area contributed by atoms with Crippen LogP contribution in [0.3, 0.4) is 0 Å². The van der Waals surface area contributed by atoms with Crippen molar-refractivity contribution in [3.05, 3.63) is 98.4 Å². The van der Waals surface area contributed by atoms with Crippen molar-refractivity contribution in [1.82, 2.24) is 9.47 Å². The van der Waals surface area contributed by atoms with Gasteiger partial charge in [0.15, 0.2) is 0 Å². The fourth-order valence-electron chi connectivity index (χ4n) is 3.03. The Morgan fingerprint density at radius 1 is 1.10 bits per heavy atom. The first-order chi connectivity index (χ1) is 13.9. The molecule has 0 amide bonds. The summed E-state index contributed by atoms with van der Waals surface area (Å²) in [5.41, 5.74) is 0.965. The molecular formula is C22H21BrF2N2O2. The maximum absolute atomic E-state index is 13.8. The molecule has 3 rings (SSSR count). The Kier molecular flexibility index (Phi) is 6.82. The van der Waals surface area contributed by atoms with E-state index < -0.39 is 11.6 Å². The van der Waals surface area contributed by atoms with Gasteiger partial charge >= 0.3 is 0 Å². The Bertz CT molecular complexity index is 1040. The first-order valence-corrected chi connectivity index (χ1v) is 9.83. The van der Waals surface area contributed by atoms with E-state index in [-0.39, 0.29) is 28.2 Å². The Hall–Kier alpha value is -2.51. The van der Waals surface area contributed by atoms with Crippen LogP contribution in [0, 0.1) is 11.6 Å². The maximum atomic E-state index is 13.8. The molecule has 29 heavy (non-hydrogen) atoms. The van der Waals surface area contributed by atoms with Crippen LogP contribution in [-0.2, 0) is 6.61 Å². The van der Waals surface area contributed by atoms with Crippen molar-refractivity contribution >= 4 is 15.9 Å². The number of pyridine rings is 1. The van der Waals surface area contributed by atoms with Gasteiger partial charge in [-0.05, 0) is 53.8 Å². The van der Waals surface area contributed by atoms with E-state index in [0.717, 1.165) is 11.6 Å². The van der Waals surface area contributed by atoms with Gasteiger partial charge in [-0.1, -0.05) is 30.3 Å². The smallest absolute Gasteiger partial charge is 0.269 e. The zero-order chi connectivity index (χ0) is 21.0. The normalized spacial score (nSPS) is 12.2. The molecule has 1 atom stereocenters. The topological polar surface area (TPSA) is 34.5 Å². The predicted molar refractivity (Wildman–Crippen MR) is 112 cm³/mol. The van der Waals surface area contributed by atoms with E-state index in [2.05, 4.69) is 15.9 Å². The lowest BCUT2D eigenvalue weighted by molar-refractivity contribution is 0.294. The summed E-state index contributed by atoms with van der Waals surface area (Å²) in [7, 11) is 3.90. The molecule has 2 aromatic carbocycles. The Morgan fingerprint density at radius 3 is 2.48 bits per heavy atom. The minimum Gasteiger partial charge on any atom is -0.487 e. The largest absolute Gasteiger partial charge is 0.487 e. The summed E-state index contributed by atoms with van der Waals surface area (Å²) in [6, 6.07) is 14.5. The first kappa shape index (κ1) is 21.2. The van der Waals surface area contributed by atoms with Crippen LogP contribution in [0.25, 0.3) is 0 Å². The van der Waals surface area contributed by atoms with Crippen LogP contribution in [0.4, 0.5) is 8.78 Å². The second-order valence-corrected chi connectivity index (χ2v) is 7.71. The number of hydrogen-bond donors (Lipinski definition) is 0. The van der Waals surface area contributed by atoms with Gasteiger partial charge in [0.25, 0.3) is 5.56 Å². The maximum Gasteiger partial charge on any atom is 0.269 e. The highest BCUT2D eigenvalue weighted by Crippen LogP contribution is 2.25. The van der Waals surface area contributed by atoms with E-state index in [0.29, 0.717) is 12.3 Å². The van der Waals surface area contributed by atoms with Crippen molar-refractivity contribution in [2.75, 3.05) is 20.6 Å². The van der Waals surface area contributed by atoms with Crippen LogP contribution < -0.4 is 10.3 Å². The molecule has 0 bridgehead atoms. The number of likely N-dealkylation sites (N-methyl/N-ethyl adjacent to an activating group) is 1. The van der Waals surface area contributed by atoms with E-state index in [1.807, 2.05) is 49.3 Å². The molecule has 0 aliphatic heterocycles. The molecule has 0 saturated carbocycles. The summed E-state index contributed by atoms with van der Waals surface area (Å²) < 4.78 is 34.4. The summed E-state index contributed by atoms with van der Waals surface area (Å²) >= 11 is 3.32. The van der Waals surface area contributed by atoms with Crippen LogP contribution in [0.15, 0.2) is 70.1 Å². The first-order valence-electron chi connectivity index (χ1n) is 9.04. The van der Waals surface area contributed by atoms with Crippen molar-refractivity contribution in [2.24, 2.45) is 0 Å². The van der Waals surface area contributed by atoms with E-state index in [9.17, 15) is 13.6 Å². The number of benzene rings is 2. The number of rotatable bonds is 7. The molecule has 0 aliphatic carbocycles. The molecule has 0 spiro atoms. The molecule has 0 fully saturated rings. The van der Waals surface area contributed by atoms with E-state index in [4.69, 9.17) is 4.74 Å². The van der Waals surface area contributed by atoms with Gasteiger partial charge in [-0.2, -0.15) is 0 Å². The lowest BCUT2D eigenvalue weighted by Gasteiger charge is -2.24. The van der Waals surface area contributed by atoms with Crippen LogP contribution in [0.2, 0.25) is 0 Å². The summed E-state index contributed by atoms with van der Waals surface area (Å²) in [5.74, 6) is -1.04. The van der Waals surface area contributed by atoms with Gasteiger partial charge in [0.05, 0.1) is 6.04 Å². The fourth-order valence-corrected chi connectivity index (χ4v) is 3.49. The van der Waals surface area contributed by atoms with E-state index in [1.165, 1.54) is 12.1 Å². The molecule has 1 aromatic heterocycles. The minimum absolute atomic E-state index is 0.117. The minimum atomic E-state index is -0.690.